The van der Waals surface area contributed by atoms with E-state index in [-0.39, 0.29) is 11.3 Å². The molecule has 0 saturated heterocycles. The van der Waals surface area contributed by atoms with Gasteiger partial charge in [-0.3, -0.25) is 4.79 Å². The molecule has 1 heterocycles. The van der Waals surface area contributed by atoms with E-state index in [9.17, 15) is 4.79 Å². The summed E-state index contributed by atoms with van der Waals surface area (Å²) >= 11 is 0. The van der Waals surface area contributed by atoms with Crippen molar-refractivity contribution in [1.82, 2.24) is 15.6 Å². The van der Waals surface area contributed by atoms with Gasteiger partial charge >= 0.3 is 0 Å². The van der Waals surface area contributed by atoms with E-state index in [1.165, 1.54) is 19.2 Å². The van der Waals surface area contributed by atoms with Gasteiger partial charge in [0.1, 0.15) is 5.52 Å². The molecule has 0 radical (unpaired) electrons. The summed E-state index contributed by atoms with van der Waals surface area (Å²) in [5, 5.41) is 6.18. The Morgan fingerprint density at radius 2 is 2.26 bits per heavy atom. The molecular formula is C14H17N3O2. The van der Waals surface area contributed by atoms with Crippen molar-refractivity contribution in [3.63, 3.8) is 0 Å². The van der Waals surface area contributed by atoms with Crippen LogP contribution in [0.2, 0.25) is 0 Å². The van der Waals surface area contributed by atoms with Crippen LogP contribution in [0.15, 0.2) is 29.0 Å². The number of nitrogens with one attached hydrogen (secondary N) is 2. The molecule has 0 spiro atoms. The Hall–Kier alpha value is -1.88. The number of nitrogens with zero attached hydrogens (tertiary/aromatic N) is 1. The van der Waals surface area contributed by atoms with Gasteiger partial charge in [0.2, 0.25) is 0 Å². The van der Waals surface area contributed by atoms with E-state index >= 15 is 0 Å². The first-order chi connectivity index (χ1) is 9.22. The number of oxazole rings is 1. The summed E-state index contributed by atoms with van der Waals surface area (Å²) in [6.45, 7) is 1.68. The van der Waals surface area contributed by atoms with Gasteiger partial charge in [-0.1, -0.05) is 0 Å². The average Bonchev–Trinajstić information content (AvgIpc) is 3.02. The molecule has 19 heavy (non-hydrogen) atoms. The molecule has 5 heteroatoms. The largest absolute Gasteiger partial charge is 0.443 e. The molecule has 1 aliphatic carbocycles. The van der Waals surface area contributed by atoms with Crippen LogP contribution in [-0.4, -0.2) is 31.0 Å². The third kappa shape index (κ3) is 2.46. The number of aromatic nitrogens is 1. The van der Waals surface area contributed by atoms with Crippen molar-refractivity contribution in [3.8, 4) is 0 Å². The summed E-state index contributed by atoms with van der Waals surface area (Å²) in [5.74, 6) is -0.0549. The maximum absolute atomic E-state index is 12.1. The minimum Gasteiger partial charge on any atom is -0.443 e. The van der Waals surface area contributed by atoms with Crippen LogP contribution < -0.4 is 10.6 Å². The number of carbonyl (C=O) groups excluding carboxylic acids is 1. The Bertz CT molecular complexity index is 602. The van der Waals surface area contributed by atoms with Crippen LogP contribution >= 0.6 is 0 Å². The molecule has 0 bridgehead atoms. The number of amides is 1. The normalized spacial score (nSPS) is 16.5. The molecule has 100 valence electrons. The van der Waals surface area contributed by atoms with Gasteiger partial charge in [0.05, 0.1) is 0 Å². The van der Waals surface area contributed by atoms with Crippen LogP contribution in [0.3, 0.4) is 0 Å². The lowest BCUT2D eigenvalue weighted by Crippen LogP contribution is -2.34. The molecule has 0 unspecified atom stereocenters. The SMILES string of the molecule is CNCC1(CNC(=O)c2ccc3ncoc3c2)CC1. The van der Waals surface area contributed by atoms with Crippen molar-refractivity contribution in [2.75, 3.05) is 20.1 Å². The van der Waals surface area contributed by atoms with E-state index in [4.69, 9.17) is 4.42 Å². The van der Waals surface area contributed by atoms with Crippen molar-refractivity contribution >= 4 is 17.0 Å². The zero-order chi connectivity index (χ0) is 13.3. The highest BCUT2D eigenvalue weighted by molar-refractivity contribution is 5.97. The number of hydrogen-bond acceptors (Lipinski definition) is 4. The minimum atomic E-state index is -0.0549. The van der Waals surface area contributed by atoms with E-state index < -0.39 is 0 Å². The molecule has 1 aromatic heterocycles. The van der Waals surface area contributed by atoms with Crippen LogP contribution in [0.25, 0.3) is 11.1 Å². The van der Waals surface area contributed by atoms with Crippen molar-refractivity contribution in [2.24, 2.45) is 5.41 Å². The van der Waals surface area contributed by atoms with Gasteiger partial charge in [0.25, 0.3) is 5.91 Å². The van der Waals surface area contributed by atoms with Crippen LogP contribution in [0.1, 0.15) is 23.2 Å². The Morgan fingerprint density at radius 1 is 1.42 bits per heavy atom. The summed E-state index contributed by atoms with van der Waals surface area (Å²) in [5.41, 5.74) is 2.29. The third-order valence-corrected chi connectivity index (χ3v) is 3.73. The smallest absolute Gasteiger partial charge is 0.251 e. The first kappa shape index (κ1) is 12.2. The Kier molecular flexibility index (Phi) is 2.98. The second-order valence-electron chi connectivity index (χ2n) is 5.25. The van der Waals surface area contributed by atoms with Gasteiger partial charge in [-0.15, -0.1) is 0 Å². The van der Waals surface area contributed by atoms with Crippen molar-refractivity contribution in [1.29, 1.82) is 0 Å². The molecule has 0 aliphatic heterocycles. The Balaban J connectivity index is 1.66. The van der Waals surface area contributed by atoms with Crippen LogP contribution in [0.5, 0.6) is 0 Å². The molecule has 1 aromatic carbocycles. The second-order valence-corrected chi connectivity index (χ2v) is 5.25. The monoisotopic (exact) mass is 259 g/mol. The Morgan fingerprint density at radius 3 is 3.00 bits per heavy atom. The lowest BCUT2D eigenvalue weighted by molar-refractivity contribution is 0.0945. The highest BCUT2D eigenvalue weighted by Crippen LogP contribution is 2.44. The molecule has 1 fully saturated rings. The van der Waals surface area contributed by atoms with Gasteiger partial charge in [-0.2, -0.15) is 0 Å². The van der Waals surface area contributed by atoms with E-state index in [2.05, 4.69) is 15.6 Å². The molecule has 2 aromatic rings. The maximum atomic E-state index is 12.1. The molecule has 1 saturated carbocycles. The fourth-order valence-electron chi connectivity index (χ4n) is 2.33. The summed E-state index contributed by atoms with van der Waals surface area (Å²) in [6.07, 6.45) is 3.74. The molecule has 2 N–H and O–H groups in total. The number of rotatable bonds is 5. The average molecular weight is 259 g/mol. The zero-order valence-corrected chi connectivity index (χ0v) is 10.9. The van der Waals surface area contributed by atoms with Crippen LogP contribution in [-0.2, 0) is 0 Å². The van der Waals surface area contributed by atoms with Gasteiger partial charge in [-0.25, -0.2) is 4.98 Å². The predicted octanol–water partition coefficient (Wildman–Crippen LogP) is 1.56. The van der Waals surface area contributed by atoms with Crippen molar-refractivity contribution < 1.29 is 9.21 Å². The van der Waals surface area contributed by atoms with Gasteiger partial charge in [0, 0.05) is 24.1 Å². The molecule has 1 amide bonds. The van der Waals surface area contributed by atoms with Crippen LogP contribution in [0.4, 0.5) is 0 Å². The highest BCUT2D eigenvalue weighted by atomic mass is 16.3. The standard InChI is InChI=1S/C14H17N3O2/c1-15-7-14(4-5-14)8-16-13(18)10-2-3-11-12(6-10)19-9-17-11/h2-3,6,9,15H,4-5,7-8H2,1H3,(H,16,18). The zero-order valence-electron chi connectivity index (χ0n) is 10.9. The van der Waals surface area contributed by atoms with Crippen molar-refractivity contribution in [2.45, 2.75) is 12.8 Å². The van der Waals surface area contributed by atoms with E-state index in [0.29, 0.717) is 11.1 Å². The second kappa shape index (κ2) is 4.66. The van der Waals surface area contributed by atoms with Gasteiger partial charge in [0.15, 0.2) is 12.0 Å². The van der Waals surface area contributed by atoms with E-state index in [1.54, 1.807) is 18.2 Å². The lowest BCUT2D eigenvalue weighted by atomic mass is 10.1. The Labute approximate surface area is 111 Å². The van der Waals surface area contributed by atoms with Gasteiger partial charge < -0.3 is 15.1 Å². The maximum Gasteiger partial charge on any atom is 0.251 e. The lowest BCUT2D eigenvalue weighted by Gasteiger charge is -2.15. The fraction of sp³-hybridized carbons (Fsp3) is 0.429. The summed E-state index contributed by atoms with van der Waals surface area (Å²) in [4.78, 5) is 16.1. The summed E-state index contributed by atoms with van der Waals surface area (Å²) in [6, 6.07) is 5.31. The van der Waals surface area contributed by atoms with Crippen molar-refractivity contribution in [3.05, 3.63) is 30.2 Å². The fourth-order valence-corrected chi connectivity index (χ4v) is 2.33. The number of fused-ring (bicyclic) bond motifs is 1. The van der Waals surface area contributed by atoms with E-state index in [1.807, 2.05) is 7.05 Å². The molecule has 5 nitrogen and oxygen atoms in total. The molecule has 1 aliphatic rings. The third-order valence-electron chi connectivity index (χ3n) is 3.73. The number of benzene rings is 1. The topological polar surface area (TPSA) is 67.2 Å². The summed E-state index contributed by atoms with van der Waals surface area (Å²) < 4.78 is 5.20. The summed E-state index contributed by atoms with van der Waals surface area (Å²) in [7, 11) is 1.94. The highest BCUT2D eigenvalue weighted by Gasteiger charge is 2.41. The number of hydrogen-bond donors (Lipinski definition) is 2. The first-order valence-corrected chi connectivity index (χ1v) is 6.49. The molecule has 3 rings (SSSR count). The van der Waals surface area contributed by atoms with Gasteiger partial charge in [-0.05, 0) is 38.1 Å². The molecule has 0 atom stereocenters. The minimum absolute atomic E-state index is 0.0549. The first-order valence-electron chi connectivity index (χ1n) is 6.49. The number of carbonyl (C=O) groups is 1. The van der Waals surface area contributed by atoms with E-state index in [0.717, 1.165) is 18.6 Å². The van der Waals surface area contributed by atoms with Crippen LogP contribution in [0, 0.1) is 5.41 Å². The molecular weight excluding hydrogens is 242 g/mol. The quantitative estimate of drug-likeness (QED) is 0.855. The predicted molar refractivity (Wildman–Crippen MR) is 71.9 cm³/mol.